The van der Waals surface area contributed by atoms with Gasteiger partial charge in [0, 0.05) is 18.4 Å². The molecule has 0 aliphatic carbocycles. The molecule has 0 aliphatic rings. The maximum atomic E-state index is 6.20. The summed E-state index contributed by atoms with van der Waals surface area (Å²) in [4.78, 5) is 4.03. The van der Waals surface area contributed by atoms with E-state index < -0.39 is 0 Å². The van der Waals surface area contributed by atoms with Crippen molar-refractivity contribution in [3.05, 3.63) is 58.9 Å². The predicted molar refractivity (Wildman–Crippen MR) is 82.1 cm³/mol. The lowest BCUT2D eigenvalue weighted by Gasteiger charge is -2.25. The van der Waals surface area contributed by atoms with Crippen molar-refractivity contribution in [2.24, 2.45) is 5.73 Å². The van der Waals surface area contributed by atoms with Crippen molar-refractivity contribution in [1.29, 1.82) is 0 Å². The summed E-state index contributed by atoms with van der Waals surface area (Å²) in [5.41, 5.74) is 8.30. The molecule has 0 amide bonds. The van der Waals surface area contributed by atoms with Gasteiger partial charge in [-0.15, -0.1) is 0 Å². The molecule has 2 atom stereocenters. The lowest BCUT2D eigenvalue weighted by atomic mass is 10.0. The van der Waals surface area contributed by atoms with Crippen molar-refractivity contribution in [1.82, 2.24) is 4.98 Å². The Kier molecular flexibility index (Phi) is 4.99. The fraction of sp³-hybridized carbons (Fsp3) is 0.312. The molecule has 2 aromatic rings. The van der Waals surface area contributed by atoms with Crippen LogP contribution in [0.15, 0.2) is 42.7 Å². The first-order valence-electron chi connectivity index (χ1n) is 6.70. The number of halogens is 1. The SMILES string of the molecule is CCC(N)C(Oc1cc(C)ccc1Cl)c1ccncc1. The molecule has 2 unspecified atom stereocenters. The van der Waals surface area contributed by atoms with Crippen LogP contribution in [-0.4, -0.2) is 11.0 Å². The molecule has 0 saturated carbocycles. The minimum absolute atomic E-state index is 0.103. The van der Waals surface area contributed by atoms with Crippen LogP contribution in [-0.2, 0) is 0 Å². The Morgan fingerprint density at radius 1 is 1.25 bits per heavy atom. The molecular weight excluding hydrogens is 272 g/mol. The van der Waals surface area contributed by atoms with Gasteiger partial charge in [0.1, 0.15) is 11.9 Å². The molecular formula is C16H19ClN2O. The van der Waals surface area contributed by atoms with Gasteiger partial charge in [0.25, 0.3) is 0 Å². The van der Waals surface area contributed by atoms with E-state index in [9.17, 15) is 0 Å². The van der Waals surface area contributed by atoms with E-state index in [0.29, 0.717) is 10.8 Å². The van der Waals surface area contributed by atoms with E-state index in [1.54, 1.807) is 12.4 Å². The first-order chi connectivity index (χ1) is 9.61. The fourth-order valence-corrected chi connectivity index (χ4v) is 2.17. The molecule has 20 heavy (non-hydrogen) atoms. The minimum Gasteiger partial charge on any atom is -0.483 e. The first kappa shape index (κ1) is 14.8. The number of aryl methyl sites for hydroxylation is 1. The third kappa shape index (κ3) is 3.50. The van der Waals surface area contributed by atoms with Crippen molar-refractivity contribution < 1.29 is 4.74 Å². The van der Waals surface area contributed by atoms with Crippen LogP contribution in [0.5, 0.6) is 5.75 Å². The Morgan fingerprint density at radius 2 is 1.95 bits per heavy atom. The Morgan fingerprint density at radius 3 is 2.60 bits per heavy atom. The Balaban J connectivity index is 2.31. The van der Waals surface area contributed by atoms with Gasteiger partial charge in [-0.05, 0) is 48.7 Å². The smallest absolute Gasteiger partial charge is 0.139 e. The monoisotopic (exact) mass is 290 g/mol. The third-order valence-electron chi connectivity index (χ3n) is 3.24. The molecule has 2 N–H and O–H groups in total. The number of hydrogen-bond acceptors (Lipinski definition) is 3. The van der Waals surface area contributed by atoms with Crippen LogP contribution in [0, 0.1) is 6.92 Å². The van der Waals surface area contributed by atoms with Gasteiger partial charge in [-0.1, -0.05) is 24.6 Å². The second kappa shape index (κ2) is 6.73. The van der Waals surface area contributed by atoms with E-state index in [1.807, 2.05) is 44.2 Å². The summed E-state index contributed by atoms with van der Waals surface area (Å²) >= 11 is 6.20. The average molecular weight is 291 g/mol. The lowest BCUT2D eigenvalue weighted by molar-refractivity contribution is 0.171. The molecule has 1 heterocycles. The molecule has 2 rings (SSSR count). The summed E-state index contributed by atoms with van der Waals surface area (Å²) in [5.74, 6) is 0.664. The van der Waals surface area contributed by atoms with Crippen LogP contribution in [0.2, 0.25) is 5.02 Å². The average Bonchev–Trinajstić information content (AvgIpc) is 2.48. The third-order valence-corrected chi connectivity index (χ3v) is 3.55. The Hall–Kier alpha value is -1.58. The van der Waals surface area contributed by atoms with E-state index in [2.05, 4.69) is 4.98 Å². The van der Waals surface area contributed by atoms with Crippen LogP contribution >= 0.6 is 11.6 Å². The summed E-state index contributed by atoms with van der Waals surface area (Å²) in [6.45, 7) is 4.05. The molecule has 0 radical (unpaired) electrons. The van der Waals surface area contributed by atoms with Gasteiger partial charge >= 0.3 is 0 Å². The Bertz CT molecular complexity index is 560. The molecule has 0 aliphatic heterocycles. The highest BCUT2D eigenvalue weighted by Gasteiger charge is 2.21. The highest BCUT2D eigenvalue weighted by atomic mass is 35.5. The van der Waals surface area contributed by atoms with Crippen LogP contribution in [0.1, 0.15) is 30.6 Å². The maximum absolute atomic E-state index is 6.20. The van der Waals surface area contributed by atoms with Gasteiger partial charge in [-0.3, -0.25) is 4.98 Å². The number of nitrogens with zero attached hydrogens (tertiary/aromatic N) is 1. The highest BCUT2D eigenvalue weighted by Crippen LogP contribution is 2.31. The molecule has 0 saturated heterocycles. The standard InChI is InChI=1S/C16H19ClN2O/c1-3-14(18)16(12-6-8-19-9-7-12)20-15-10-11(2)4-5-13(15)17/h4-10,14,16H,3,18H2,1-2H3. The Labute approximate surface area is 124 Å². The van der Waals surface area contributed by atoms with Crippen LogP contribution < -0.4 is 10.5 Å². The second-order valence-electron chi connectivity index (χ2n) is 4.82. The largest absolute Gasteiger partial charge is 0.483 e. The van der Waals surface area contributed by atoms with Gasteiger partial charge < -0.3 is 10.5 Å². The molecule has 0 spiro atoms. The van der Waals surface area contributed by atoms with Crippen molar-refractivity contribution in [3.8, 4) is 5.75 Å². The topological polar surface area (TPSA) is 48.1 Å². The molecule has 0 bridgehead atoms. The van der Waals surface area contributed by atoms with E-state index in [1.165, 1.54) is 0 Å². The summed E-state index contributed by atoms with van der Waals surface area (Å²) in [6.07, 6.45) is 4.07. The van der Waals surface area contributed by atoms with Crippen LogP contribution in [0.25, 0.3) is 0 Å². The number of aromatic nitrogens is 1. The molecule has 1 aromatic heterocycles. The maximum Gasteiger partial charge on any atom is 0.139 e. The number of benzene rings is 1. The van der Waals surface area contributed by atoms with E-state index >= 15 is 0 Å². The van der Waals surface area contributed by atoms with Crippen molar-refractivity contribution in [2.75, 3.05) is 0 Å². The van der Waals surface area contributed by atoms with Gasteiger partial charge in [0.05, 0.1) is 5.02 Å². The normalized spacial score (nSPS) is 13.8. The summed E-state index contributed by atoms with van der Waals surface area (Å²) in [5, 5.41) is 0.595. The van der Waals surface area contributed by atoms with Gasteiger partial charge in [-0.2, -0.15) is 0 Å². The number of hydrogen-bond donors (Lipinski definition) is 1. The number of nitrogens with two attached hydrogens (primary N) is 1. The zero-order chi connectivity index (χ0) is 14.5. The molecule has 0 fully saturated rings. The number of rotatable bonds is 5. The van der Waals surface area contributed by atoms with E-state index in [-0.39, 0.29) is 12.1 Å². The van der Waals surface area contributed by atoms with Crippen molar-refractivity contribution >= 4 is 11.6 Å². The van der Waals surface area contributed by atoms with E-state index in [4.69, 9.17) is 22.1 Å². The molecule has 1 aromatic carbocycles. The van der Waals surface area contributed by atoms with Crippen LogP contribution in [0.4, 0.5) is 0 Å². The van der Waals surface area contributed by atoms with Crippen LogP contribution in [0.3, 0.4) is 0 Å². The van der Waals surface area contributed by atoms with Crippen molar-refractivity contribution in [3.63, 3.8) is 0 Å². The van der Waals surface area contributed by atoms with E-state index in [0.717, 1.165) is 17.5 Å². The first-order valence-corrected chi connectivity index (χ1v) is 7.08. The predicted octanol–water partition coefficient (Wildman–Crippen LogP) is 3.90. The second-order valence-corrected chi connectivity index (χ2v) is 5.23. The van der Waals surface area contributed by atoms with Gasteiger partial charge in [0.2, 0.25) is 0 Å². The number of pyridine rings is 1. The van der Waals surface area contributed by atoms with Gasteiger partial charge in [-0.25, -0.2) is 0 Å². The highest BCUT2D eigenvalue weighted by molar-refractivity contribution is 6.32. The summed E-state index contributed by atoms with van der Waals surface area (Å²) in [6, 6.07) is 9.46. The zero-order valence-electron chi connectivity index (χ0n) is 11.7. The molecule has 106 valence electrons. The molecule has 3 nitrogen and oxygen atoms in total. The summed E-state index contributed by atoms with van der Waals surface area (Å²) < 4.78 is 6.08. The number of ether oxygens (including phenoxy) is 1. The van der Waals surface area contributed by atoms with Gasteiger partial charge in [0.15, 0.2) is 0 Å². The lowest BCUT2D eigenvalue weighted by Crippen LogP contribution is -2.31. The molecule has 4 heteroatoms. The fourth-order valence-electron chi connectivity index (χ4n) is 2.01. The quantitative estimate of drug-likeness (QED) is 0.908. The van der Waals surface area contributed by atoms with Crippen molar-refractivity contribution in [2.45, 2.75) is 32.4 Å². The minimum atomic E-state index is -0.234. The summed E-state index contributed by atoms with van der Waals surface area (Å²) in [7, 11) is 0. The zero-order valence-corrected chi connectivity index (χ0v) is 12.5.